The van der Waals surface area contributed by atoms with Gasteiger partial charge in [0, 0.05) is 41.3 Å². The van der Waals surface area contributed by atoms with Gasteiger partial charge in [0.05, 0.1) is 0 Å². The average molecular weight is 454 g/mol. The Morgan fingerprint density at radius 1 is 1.16 bits per heavy atom. The molecule has 1 atom stereocenters. The average Bonchev–Trinajstić information content (AvgIpc) is 2.76. The van der Waals surface area contributed by atoms with E-state index in [2.05, 4.69) is 79.4 Å². The summed E-state index contributed by atoms with van der Waals surface area (Å²) < 4.78 is 15.8. The molecule has 1 fully saturated rings. The maximum Gasteiger partial charge on any atom is 0.123 e. The molecule has 0 aliphatic carbocycles. The Hall–Kier alpha value is -2.08. The molecular weight excluding hydrogens is 417 g/mol. The van der Waals surface area contributed by atoms with Crippen LogP contribution in [0.15, 0.2) is 82.9 Å². The van der Waals surface area contributed by atoms with Crippen molar-refractivity contribution in [3.63, 3.8) is 0 Å². The lowest BCUT2D eigenvalue weighted by atomic mass is 9.72. The van der Waals surface area contributed by atoms with Gasteiger partial charge in [0.2, 0.25) is 0 Å². The SMILES string of the molecule is C=C1CCN(Sc2ccccc2)CC1(C/C(C)=C(\CC)Nc1ccc(F)cc1)CN(C)C. The number of rotatable bonds is 9. The Morgan fingerprint density at radius 2 is 1.84 bits per heavy atom. The molecule has 0 radical (unpaired) electrons. The van der Waals surface area contributed by atoms with Crippen molar-refractivity contribution in [1.29, 1.82) is 0 Å². The Kier molecular flexibility index (Phi) is 8.57. The Balaban J connectivity index is 1.84. The van der Waals surface area contributed by atoms with Gasteiger partial charge >= 0.3 is 0 Å². The van der Waals surface area contributed by atoms with E-state index in [0.29, 0.717) is 0 Å². The molecule has 1 aliphatic heterocycles. The third-order valence-corrected chi connectivity index (χ3v) is 7.15. The summed E-state index contributed by atoms with van der Waals surface area (Å²) in [5.74, 6) is -0.214. The number of benzene rings is 2. The van der Waals surface area contributed by atoms with E-state index in [1.54, 1.807) is 12.1 Å². The third-order valence-electron chi connectivity index (χ3n) is 6.10. The summed E-state index contributed by atoms with van der Waals surface area (Å²) in [6, 6.07) is 17.2. The number of halogens is 1. The molecule has 0 amide bonds. The molecule has 0 bridgehead atoms. The summed E-state index contributed by atoms with van der Waals surface area (Å²) in [6.45, 7) is 11.9. The fourth-order valence-electron chi connectivity index (χ4n) is 4.58. The van der Waals surface area contributed by atoms with Crippen molar-refractivity contribution in [3.05, 3.63) is 83.8 Å². The predicted molar refractivity (Wildman–Crippen MR) is 136 cm³/mol. The number of anilines is 1. The molecule has 0 saturated carbocycles. The van der Waals surface area contributed by atoms with Crippen molar-refractivity contribution in [1.82, 2.24) is 9.21 Å². The summed E-state index contributed by atoms with van der Waals surface area (Å²) in [4.78, 5) is 3.56. The lowest BCUT2D eigenvalue weighted by Crippen LogP contribution is -2.47. The van der Waals surface area contributed by atoms with Gasteiger partial charge in [-0.3, -0.25) is 0 Å². The second-order valence-electron chi connectivity index (χ2n) is 9.06. The van der Waals surface area contributed by atoms with Crippen LogP contribution in [0.2, 0.25) is 0 Å². The van der Waals surface area contributed by atoms with Crippen molar-refractivity contribution >= 4 is 17.6 Å². The van der Waals surface area contributed by atoms with Crippen LogP contribution in [-0.4, -0.2) is 42.9 Å². The van der Waals surface area contributed by atoms with Gasteiger partial charge in [0.1, 0.15) is 5.82 Å². The normalized spacial score (nSPS) is 20.4. The van der Waals surface area contributed by atoms with Gasteiger partial charge in [-0.15, -0.1) is 0 Å². The third kappa shape index (κ3) is 6.47. The van der Waals surface area contributed by atoms with Crippen molar-refractivity contribution in [2.45, 2.75) is 38.0 Å². The zero-order chi connectivity index (χ0) is 23.1. The molecule has 1 N–H and O–H groups in total. The van der Waals surface area contributed by atoms with Crippen LogP contribution in [-0.2, 0) is 0 Å². The summed E-state index contributed by atoms with van der Waals surface area (Å²) >= 11 is 1.85. The molecule has 1 unspecified atom stereocenters. The molecule has 32 heavy (non-hydrogen) atoms. The standard InChI is InChI=1S/C27H36FN3S/c1-6-26(29-24-14-12-23(28)13-15-24)21(2)18-27(19-30(4)5)20-31(17-16-22(27)3)32-25-10-8-7-9-11-25/h7-15,29H,3,6,16-20H2,1-2,4-5H3/b26-21+. The van der Waals surface area contributed by atoms with Crippen LogP contribution in [0.3, 0.4) is 0 Å². The summed E-state index contributed by atoms with van der Waals surface area (Å²) in [5.41, 5.74) is 4.79. The van der Waals surface area contributed by atoms with Crippen LogP contribution in [0.25, 0.3) is 0 Å². The Bertz CT molecular complexity index is 924. The maximum atomic E-state index is 13.3. The lowest BCUT2D eigenvalue weighted by Gasteiger charge is -2.46. The van der Waals surface area contributed by atoms with Crippen LogP contribution in [0.1, 0.15) is 33.1 Å². The molecule has 3 rings (SSSR count). The van der Waals surface area contributed by atoms with Gasteiger partial charge in [-0.25, -0.2) is 8.70 Å². The topological polar surface area (TPSA) is 18.5 Å². The largest absolute Gasteiger partial charge is 0.359 e. The number of hydrogen-bond acceptors (Lipinski definition) is 4. The van der Waals surface area contributed by atoms with Crippen LogP contribution in [0.5, 0.6) is 0 Å². The lowest BCUT2D eigenvalue weighted by molar-refractivity contribution is 0.168. The molecule has 0 spiro atoms. The summed E-state index contributed by atoms with van der Waals surface area (Å²) in [5, 5.41) is 3.53. The number of nitrogens with zero attached hydrogens (tertiary/aromatic N) is 2. The monoisotopic (exact) mass is 453 g/mol. The second-order valence-corrected chi connectivity index (χ2v) is 10.2. The highest BCUT2D eigenvalue weighted by Gasteiger charge is 2.39. The summed E-state index contributed by atoms with van der Waals surface area (Å²) in [6.07, 6.45) is 2.86. The van der Waals surface area contributed by atoms with E-state index in [1.165, 1.54) is 33.9 Å². The van der Waals surface area contributed by atoms with Gasteiger partial charge in [-0.05, 0) is 88.6 Å². The molecule has 0 aromatic heterocycles. The molecule has 5 heteroatoms. The minimum atomic E-state index is -0.214. The van der Waals surface area contributed by atoms with Gasteiger partial charge in [-0.2, -0.15) is 0 Å². The van der Waals surface area contributed by atoms with Gasteiger partial charge in [0.25, 0.3) is 0 Å². The molecule has 3 nitrogen and oxygen atoms in total. The summed E-state index contributed by atoms with van der Waals surface area (Å²) in [7, 11) is 4.30. The molecule has 1 heterocycles. The van der Waals surface area contributed by atoms with Crippen molar-refractivity contribution in [2.24, 2.45) is 5.41 Å². The zero-order valence-corrected chi connectivity index (χ0v) is 20.6. The van der Waals surface area contributed by atoms with E-state index in [-0.39, 0.29) is 11.2 Å². The number of allylic oxidation sites excluding steroid dienone is 2. The highest BCUT2D eigenvalue weighted by molar-refractivity contribution is 7.97. The minimum Gasteiger partial charge on any atom is -0.359 e. The molecule has 2 aromatic carbocycles. The number of nitrogens with one attached hydrogen (secondary N) is 1. The highest BCUT2D eigenvalue weighted by Crippen LogP contribution is 2.43. The van der Waals surface area contributed by atoms with Crippen LogP contribution in [0, 0.1) is 11.2 Å². The molecule has 1 saturated heterocycles. The van der Waals surface area contributed by atoms with Crippen molar-refractivity contribution in [2.75, 3.05) is 39.0 Å². The van der Waals surface area contributed by atoms with E-state index in [9.17, 15) is 4.39 Å². The van der Waals surface area contributed by atoms with Crippen LogP contribution < -0.4 is 5.32 Å². The fourth-order valence-corrected chi connectivity index (χ4v) is 5.66. The number of piperidine rings is 1. The maximum absolute atomic E-state index is 13.3. The first-order chi connectivity index (χ1) is 15.3. The van der Waals surface area contributed by atoms with Crippen molar-refractivity contribution in [3.8, 4) is 0 Å². The molecule has 2 aromatic rings. The van der Waals surface area contributed by atoms with E-state index < -0.39 is 0 Å². The Morgan fingerprint density at radius 3 is 2.47 bits per heavy atom. The zero-order valence-electron chi connectivity index (χ0n) is 19.8. The van der Waals surface area contributed by atoms with Gasteiger partial charge in [-0.1, -0.05) is 42.8 Å². The van der Waals surface area contributed by atoms with Crippen LogP contribution in [0.4, 0.5) is 10.1 Å². The quantitative estimate of drug-likeness (QED) is 0.331. The van der Waals surface area contributed by atoms with E-state index in [0.717, 1.165) is 44.6 Å². The Labute approximate surface area is 197 Å². The smallest absolute Gasteiger partial charge is 0.123 e. The number of hydrogen-bond donors (Lipinski definition) is 1. The first-order valence-corrected chi connectivity index (χ1v) is 12.1. The minimum absolute atomic E-state index is 0.0154. The second kappa shape index (κ2) is 11.2. The van der Waals surface area contributed by atoms with Crippen LogP contribution >= 0.6 is 11.9 Å². The first-order valence-electron chi connectivity index (χ1n) is 11.3. The fraction of sp³-hybridized carbons (Fsp3) is 0.407. The van der Waals surface area contributed by atoms with E-state index in [4.69, 9.17) is 0 Å². The predicted octanol–water partition coefficient (Wildman–Crippen LogP) is 6.83. The molecule has 1 aliphatic rings. The first kappa shape index (κ1) is 24.6. The van der Waals surface area contributed by atoms with Gasteiger partial charge in [0.15, 0.2) is 0 Å². The highest BCUT2D eigenvalue weighted by atomic mass is 32.2. The van der Waals surface area contributed by atoms with Gasteiger partial charge < -0.3 is 10.2 Å². The molecular formula is C27H36FN3S. The molecule has 172 valence electrons. The van der Waals surface area contributed by atoms with E-state index in [1.807, 2.05) is 11.9 Å². The van der Waals surface area contributed by atoms with Crippen molar-refractivity contribution < 1.29 is 4.39 Å². The van der Waals surface area contributed by atoms with E-state index >= 15 is 0 Å².